The Labute approximate surface area is 160 Å². The van der Waals surface area contributed by atoms with Gasteiger partial charge in [-0.3, -0.25) is 9.89 Å². The molecular weight excluding hydrogens is 375 g/mol. The second kappa shape index (κ2) is 8.60. The molecular formula is C18H21ClFN4O3+. The van der Waals surface area contributed by atoms with Crippen LogP contribution in [0.4, 0.5) is 10.1 Å². The zero-order valence-corrected chi connectivity index (χ0v) is 15.6. The number of carbonyl (C=O) groups is 2. The molecule has 0 saturated heterocycles. The number of halogens is 2. The molecule has 9 heteroatoms. The number of hydrogen-bond donors (Lipinski definition) is 3. The molecule has 2 amide bonds. The van der Waals surface area contributed by atoms with Gasteiger partial charge in [-0.05, 0) is 37.8 Å². The summed E-state index contributed by atoms with van der Waals surface area (Å²) in [6.07, 6.45) is 4.99. The summed E-state index contributed by atoms with van der Waals surface area (Å²) >= 11 is 5.93. The van der Waals surface area contributed by atoms with Gasteiger partial charge in [0.1, 0.15) is 17.6 Å². The number of nitrogens with two attached hydrogens (primary N) is 1. The largest absolute Gasteiger partial charge is 0.381 e. The van der Waals surface area contributed by atoms with Crippen molar-refractivity contribution in [2.45, 2.75) is 37.8 Å². The van der Waals surface area contributed by atoms with Gasteiger partial charge in [0.15, 0.2) is 11.4 Å². The van der Waals surface area contributed by atoms with E-state index in [1.807, 2.05) is 0 Å². The summed E-state index contributed by atoms with van der Waals surface area (Å²) < 4.78 is 19.2. The van der Waals surface area contributed by atoms with Crippen LogP contribution in [0.3, 0.4) is 0 Å². The lowest BCUT2D eigenvalue weighted by Crippen LogP contribution is -2.82. The number of methoxy groups -OCH3 is 1. The number of H-pyrrole nitrogens is 1. The minimum absolute atomic E-state index is 0.0145. The van der Waals surface area contributed by atoms with E-state index in [0.29, 0.717) is 0 Å². The Morgan fingerprint density at radius 2 is 2.07 bits per heavy atom. The van der Waals surface area contributed by atoms with E-state index < -0.39 is 11.7 Å². The minimum atomic E-state index is -0.715. The molecule has 0 aliphatic heterocycles. The number of quaternary nitrogens is 1. The van der Waals surface area contributed by atoms with Crippen molar-refractivity contribution in [2.75, 3.05) is 7.11 Å². The van der Waals surface area contributed by atoms with E-state index in [1.165, 1.54) is 18.3 Å². The second-order valence-electron chi connectivity index (χ2n) is 6.49. The van der Waals surface area contributed by atoms with Gasteiger partial charge in [0.2, 0.25) is 0 Å². The van der Waals surface area contributed by atoms with Crippen molar-refractivity contribution in [3.8, 4) is 0 Å². The van der Waals surface area contributed by atoms with Crippen molar-refractivity contribution in [1.82, 2.24) is 15.5 Å². The lowest BCUT2D eigenvalue weighted by atomic mass is 9.93. The van der Waals surface area contributed by atoms with Crippen LogP contribution >= 0.6 is 11.6 Å². The van der Waals surface area contributed by atoms with Crippen LogP contribution in [0, 0.1) is 5.82 Å². The highest BCUT2D eigenvalue weighted by atomic mass is 35.5. The average molecular weight is 396 g/mol. The van der Waals surface area contributed by atoms with Gasteiger partial charge in [-0.25, -0.2) is 14.5 Å². The van der Waals surface area contributed by atoms with Gasteiger partial charge >= 0.3 is 5.91 Å². The molecule has 1 aliphatic carbocycles. The van der Waals surface area contributed by atoms with Crippen LogP contribution < -0.4 is 10.6 Å². The smallest absolute Gasteiger partial charge is 0.352 e. The number of hydrogen-bond acceptors (Lipinski definition) is 4. The van der Waals surface area contributed by atoms with Crippen LogP contribution in [0.15, 0.2) is 24.4 Å². The van der Waals surface area contributed by atoms with Gasteiger partial charge in [-0.1, -0.05) is 17.7 Å². The zero-order chi connectivity index (χ0) is 19.4. The number of ether oxygens (including phenoxy) is 1. The number of rotatable bonds is 5. The maximum absolute atomic E-state index is 13.9. The quantitative estimate of drug-likeness (QED) is 0.720. The summed E-state index contributed by atoms with van der Waals surface area (Å²) in [7, 11) is 1.69. The van der Waals surface area contributed by atoms with Crippen LogP contribution in [0.25, 0.3) is 0 Å². The van der Waals surface area contributed by atoms with Gasteiger partial charge in [0.25, 0.3) is 5.91 Å². The zero-order valence-electron chi connectivity index (χ0n) is 14.8. The Morgan fingerprint density at radius 1 is 1.33 bits per heavy atom. The number of primary amides is 1. The molecule has 27 heavy (non-hydrogen) atoms. The van der Waals surface area contributed by atoms with Crippen LogP contribution in [-0.4, -0.2) is 41.3 Å². The molecule has 0 spiro atoms. The summed E-state index contributed by atoms with van der Waals surface area (Å²) in [5.41, 5.74) is 0.205. The summed E-state index contributed by atoms with van der Waals surface area (Å²) in [5.74, 6) is -1.70. The van der Waals surface area contributed by atoms with E-state index in [4.69, 9.17) is 16.3 Å². The molecule has 1 aliphatic rings. The minimum Gasteiger partial charge on any atom is -0.381 e. The third kappa shape index (κ3) is 4.52. The Balaban J connectivity index is 1.67. The molecule has 0 radical (unpaired) electrons. The number of aromatic nitrogens is 2. The number of benzene rings is 1. The first-order valence-electron chi connectivity index (χ1n) is 8.69. The van der Waals surface area contributed by atoms with Crippen molar-refractivity contribution < 1.29 is 24.0 Å². The van der Waals surface area contributed by atoms with Crippen LogP contribution in [-0.2, 0) is 4.74 Å². The van der Waals surface area contributed by atoms with E-state index in [9.17, 15) is 14.0 Å². The molecule has 0 bridgehead atoms. The third-order valence-corrected chi connectivity index (χ3v) is 5.05. The molecule has 1 aromatic carbocycles. The first-order chi connectivity index (χ1) is 13.0. The molecule has 2 aromatic rings. The maximum Gasteiger partial charge on any atom is 0.352 e. The standard InChI is InChI=1S/C18H20ClFN4O3/c1-27-11-7-5-10(6-8-11)22-18(26)16-14(9-21-24-16)23-17(25)15-12(19)3-2-4-13(15)20/h2-4,9-11H,5-8H2,1H3,(H,21,24)(H,22,26)(H,23,25)/p+1. The van der Waals surface area contributed by atoms with E-state index in [2.05, 4.69) is 15.5 Å². The number of amides is 2. The number of carbonyl (C=O) groups excluding carboxylic acids is 2. The highest BCUT2D eigenvalue weighted by Crippen LogP contribution is 2.21. The Bertz CT molecular complexity index is 814. The summed E-state index contributed by atoms with van der Waals surface area (Å²) in [6.45, 7) is 0. The molecule has 1 saturated carbocycles. The molecule has 1 aromatic heterocycles. The van der Waals surface area contributed by atoms with Crippen molar-refractivity contribution >= 4 is 29.1 Å². The van der Waals surface area contributed by atoms with Crippen molar-refractivity contribution in [1.29, 1.82) is 0 Å². The van der Waals surface area contributed by atoms with Gasteiger partial charge in [-0.15, -0.1) is 0 Å². The van der Waals surface area contributed by atoms with Crippen LogP contribution in [0.2, 0.25) is 5.02 Å². The molecule has 144 valence electrons. The molecule has 0 unspecified atom stereocenters. The van der Waals surface area contributed by atoms with Gasteiger partial charge < -0.3 is 10.1 Å². The average Bonchev–Trinajstić information content (AvgIpc) is 3.10. The molecule has 1 heterocycles. The normalized spacial score (nSPS) is 19.7. The molecule has 4 N–H and O–H groups in total. The predicted molar refractivity (Wildman–Crippen MR) is 96.4 cm³/mol. The van der Waals surface area contributed by atoms with Crippen LogP contribution in [0.1, 0.15) is 46.5 Å². The number of nitrogens with zero attached hydrogens (tertiary/aromatic N) is 1. The first kappa shape index (κ1) is 19.5. The lowest BCUT2D eigenvalue weighted by molar-refractivity contribution is -0.464. The fraction of sp³-hybridized carbons (Fsp3) is 0.389. The first-order valence-corrected chi connectivity index (χ1v) is 9.07. The Kier molecular flexibility index (Phi) is 6.20. The van der Waals surface area contributed by atoms with Gasteiger partial charge in [0.05, 0.1) is 11.1 Å². The lowest BCUT2D eigenvalue weighted by Gasteiger charge is -2.27. The Morgan fingerprint density at radius 3 is 2.74 bits per heavy atom. The highest BCUT2D eigenvalue weighted by molar-refractivity contribution is 6.33. The van der Waals surface area contributed by atoms with E-state index in [1.54, 1.807) is 7.11 Å². The molecule has 3 rings (SSSR count). The molecule has 1 fully saturated rings. The van der Waals surface area contributed by atoms with Gasteiger partial charge in [0, 0.05) is 13.2 Å². The van der Waals surface area contributed by atoms with Crippen molar-refractivity contribution in [3.63, 3.8) is 0 Å². The monoisotopic (exact) mass is 395 g/mol. The van der Waals surface area contributed by atoms with E-state index in [-0.39, 0.29) is 40.0 Å². The van der Waals surface area contributed by atoms with Crippen LogP contribution in [0.5, 0.6) is 0 Å². The fourth-order valence-electron chi connectivity index (χ4n) is 3.23. The fourth-order valence-corrected chi connectivity index (χ4v) is 3.49. The molecule has 0 atom stereocenters. The number of nitrogens with one attached hydrogen (secondary N) is 2. The predicted octanol–water partition coefficient (Wildman–Crippen LogP) is 1.92. The van der Waals surface area contributed by atoms with E-state index in [0.717, 1.165) is 37.1 Å². The number of aromatic amines is 1. The third-order valence-electron chi connectivity index (χ3n) is 4.73. The summed E-state index contributed by atoms with van der Waals surface area (Å²) in [4.78, 5) is 25.0. The maximum atomic E-state index is 13.9. The van der Waals surface area contributed by atoms with Gasteiger partial charge in [-0.2, -0.15) is 5.10 Å². The van der Waals surface area contributed by atoms with E-state index >= 15 is 0 Å². The molecule has 7 nitrogen and oxygen atoms in total. The topological polar surface area (TPSA) is 101 Å². The SMILES string of the molecule is COC1CCC(NC(=O)c2[nH]ncc2[NH2+]C(=O)c2c(F)cccc2Cl)CC1. The highest BCUT2D eigenvalue weighted by Gasteiger charge is 2.27. The van der Waals surface area contributed by atoms with Crippen molar-refractivity contribution in [2.24, 2.45) is 0 Å². The Hall–Kier alpha value is -2.29. The summed E-state index contributed by atoms with van der Waals surface area (Å²) in [5, 5.41) is 10.6. The summed E-state index contributed by atoms with van der Waals surface area (Å²) in [6, 6.07) is 4.05. The van der Waals surface area contributed by atoms with Crippen molar-refractivity contribution in [3.05, 3.63) is 46.5 Å². The second-order valence-corrected chi connectivity index (χ2v) is 6.90.